The number of anilines is 1. The predicted octanol–water partition coefficient (Wildman–Crippen LogP) is 3.38. The molecule has 0 atom stereocenters. The van der Waals surface area contributed by atoms with E-state index in [1.54, 1.807) is 6.07 Å². The molecule has 0 amide bonds. The number of aromatic carboxylic acids is 1. The molecule has 0 aliphatic rings. The summed E-state index contributed by atoms with van der Waals surface area (Å²) in [5.74, 6) is -0.372. The summed E-state index contributed by atoms with van der Waals surface area (Å²) < 4.78 is 5.33. The quantitative estimate of drug-likeness (QED) is 0.741. The normalized spacial score (nSPS) is 10.8. The van der Waals surface area contributed by atoms with E-state index in [-0.39, 0.29) is 5.76 Å². The van der Waals surface area contributed by atoms with Crippen molar-refractivity contribution in [1.29, 1.82) is 0 Å². The van der Waals surface area contributed by atoms with Crippen LogP contribution < -0.4 is 4.90 Å². The van der Waals surface area contributed by atoms with Crippen molar-refractivity contribution in [2.75, 3.05) is 11.4 Å². The topological polar surface area (TPSA) is 53.7 Å². The average molecular weight is 239 g/mol. The molecule has 96 valence electrons. The highest BCUT2D eigenvalue weighted by molar-refractivity contribution is 5.84. The fraction of sp³-hybridized carbons (Fsp3) is 0.615. The van der Waals surface area contributed by atoms with Crippen LogP contribution in [0, 0.1) is 0 Å². The van der Waals surface area contributed by atoms with Gasteiger partial charge < -0.3 is 14.4 Å². The van der Waals surface area contributed by atoms with Crippen molar-refractivity contribution in [2.45, 2.75) is 46.1 Å². The molecule has 0 fully saturated rings. The van der Waals surface area contributed by atoms with Gasteiger partial charge in [-0.3, -0.25) is 0 Å². The minimum Gasteiger partial charge on any atom is -0.475 e. The van der Waals surface area contributed by atoms with E-state index >= 15 is 0 Å². The molecule has 1 heterocycles. The Hall–Kier alpha value is -1.45. The second-order valence-electron chi connectivity index (χ2n) is 4.44. The number of rotatable bonds is 7. The summed E-state index contributed by atoms with van der Waals surface area (Å²) in [4.78, 5) is 12.9. The molecule has 0 bridgehead atoms. The molecule has 4 nitrogen and oxygen atoms in total. The van der Waals surface area contributed by atoms with Crippen LogP contribution in [-0.4, -0.2) is 23.7 Å². The van der Waals surface area contributed by atoms with E-state index in [1.165, 1.54) is 18.9 Å². The molecule has 0 saturated carbocycles. The molecule has 4 heteroatoms. The summed E-state index contributed by atoms with van der Waals surface area (Å²) >= 11 is 0. The highest BCUT2D eigenvalue weighted by Crippen LogP contribution is 2.21. The lowest BCUT2D eigenvalue weighted by Gasteiger charge is -2.26. The second kappa shape index (κ2) is 6.33. The lowest BCUT2D eigenvalue weighted by atomic mass is 10.2. The fourth-order valence-electron chi connectivity index (χ4n) is 1.75. The Labute approximate surface area is 102 Å². The monoisotopic (exact) mass is 239 g/mol. The Balaban J connectivity index is 2.71. The van der Waals surface area contributed by atoms with E-state index in [2.05, 4.69) is 25.7 Å². The Kier molecular flexibility index (Phi) is 5.07. The maximum absolute atomic E-state index is 10.8. The lowest BCUT2D eigenvalue weighted by Crippen LogP contribution is -2.31. The third-order valence-electron chi connectivity index (χ3n) is 2.71. The van der Waals surface area contributed by atoms with Gasteiger partial charge in [-0.05, 0) is 26.3 Å². The molecule has 1 aromatic heterocycles. The van der Waals surface area contributed by atoms with Crippen molar-refractivity contribution in [3.63, 3.8) is 0 Å². The molecule has 0 radical (unpaired) electrons. The van der Waals surface area contributed by atoms with Gasteiger partial charge in [-0.1, -0.05) is 19.8 Å². The Morgan fingerprint density at radius 3 is 2.59 bits per heavy atom. The van der Waals surface area contributed by atoms with Crippen LogP contribution in [0.25, 0.3) is 0 Å². The van der Waals surface area contributed by atoms with Gasteiger partial charge in [0.15, 0.2) is 5.88 Å². The number of hydrogen-bond donors (Lipinski definition) is 1. The molecule has 0 saturated heterocycles. The van der Waals surface area contributed by atoms with E-state index in [4.69, 9.17) is 9.52 Å². The van der Waals surface area contributed by atoms with E-state index in [0.29, 0.717) is 11.9 Å². The van der Waals surface area contributed by atoms with Gasteiger partial charge in [0.25, 0.3) is 0 Å². The smallest absolute Gasteiger partial charge is 0.371 e. The number of carbonyl (C=O) groups is 1. The number of carboxylic acid groups (broad SMARTS) is 1. The molecule has 0 unspecified atom stereocenters. The summed E-state index contributed by atoms with van der Waals surface area (Å²) in [7, 11) is 0. The first-order chi connectivity index (χ1) is 8.06. The largest absolute Gasteiger partial charge is 0.475 e. The van der Waals surface area contributed by atoms with Crippen molar-refractivity contribution < 1.29 is 14.3 Å². The van der Waals surface area contributed by atoms with Crippen molar-refractivity contribution in [3.05, 3.63) is 17.9 Å². The standard InChI is InChI=1S/C13H21NO3/c1-4-5-6-9-14(10(2)3)12-8-7-11(17-12)13(15)16/h7-8,10H,4-6,9H2,1-3H3,(H,15,16). The number of furan rings is 1. The molecule has 0 aliphatic carbocycles. The Morgan fingerprint density at radius 2 is 2.12 bits per heavy atom. The molecule has 1 aromatic rings. The highest BCUT2D eigenvalue weighted by Gasteiger charge is 2.16. The van der Waals surface area contributed by atoms with Crippen molar-refractivity contribution in [1.82, 2.24) is 0 Å². The number of unbranched alkanes of at least 4 members (excludes halogenated alkanes) is 2. The summed E-state index contributed by atoms with van der Waals surface area (Å²) in [6, 6.07) is 3.54. The van der Waals surface area contributed by atoms with Crippen LogP contribution in [0.4, 0.5) is 5.88 Å². The zero-order valence-corrected chi connectivity index (χ0v) is 10.8. The minimum absolute atomic E-state index is 0.00106. The molecule has 1 rings (SSSR count). The van der Waals surface area contributed by atoms with Gasteiger partial charge in [-0.25, -0.2) is 4.79 Å². The van der Waals surface area contributed by atoms with E-state index in [1.807, 2.05) is 0 Å². The number of carboxylic acids is 1. The van der Waals surface area contributed by atoms with Crippen LogP contribution in [-0.2, 0) is 0 Å². The second-order valence-corrected chi connectivity index (χ2v) is 4.44. The number of nitrogens with zero attached hydrogens (tertiary/aromatic N) is 1. The summed E-state index contributed by atoms with van der Waals surface area (Å²) in [5.41, 5.74) is 0. The SMILES string of the molecule is CCCCCN(c1ccc(C(=O)O)o1)C(C)C. The molecular weight excluding hydrogens is 218 g/mol. The maximum atomic E-state index is 10.8. The van der Waals surface area contributed by atoms with Gasteiger partial charge in [-0.15, -0.1) is 0 Å². The molecule has 0 aromatic carbocycles. The van der Waals surface area contributed by atoms with Gasteiger partial charge >= 0.3 is 5.97 Å². The van der Waals surface area contributed by atoms with Gasteiger partial charge in [-0.2, -0.15) is 0 Å². The first kappa shape index (κ1) is 13.6. The molecular formula is C13H21NO3. The summed E-state index contributed by atoms with van der Waals surface area (Å²) in [6.45, 7) is 7.22. The maximum Gasteiger partial charge on any atom is 0.371 e. The van der Waals surface area contributed by atoms with Crippen LogP contribution >= 0.6 is 0 Å². The molecule has 0 aliphatic heterocycles. The Bertz CT molecular complexity index is 357. The first-order valence-corrected chi connectivity index (χ1v) is 6.16. The van der Waals surface area contributed by atoms with Gasteiger partial charge in [0.2, 0.25) is 5.76 Å². The average Bonchev–Trinajstić information content (AvgIpc) is 2.73. The number of hydrogen-bond acceptors (Lipinski definition) is 3. The molecule has 1 N–H and O–H groups in total. The Morgan fingerprint density at radius 1 is 1.41 bits per heavy atom. The highest BCUT2D eigenvalue weighted by atomic mass is 16.4. The first-order valence-electron chi connectivity index (χ1n) is 6.16. The van der Waals surface area contributed by atoms with Crippen LogP contribution in [0.5, 0.6) is 0 Å². The minimum atomic E-state index is -1.02. The molecule has 17 heavy (non-hydrogen) atoms. The van der Waals surface area contributed by atoms with Crippen molar-refractivity contribution >= 4 is 11.9 Å². The van der Waals surface area contributed by atoms with E-state index in [0.717, 1.165) is 13.0 Å². The van der Waals surface area contributed by atoms with Crippen molar-refractivity contribution in [2.24, 2.45) is 0 Å². The summed E-state index contributed by atoms with van der Waals surface area (Å²) in [5, 5.41) is 8.82. The van der Waals surface area contributed by atoms with Gasteiger partial charge in [0.1, 0.15) is 0 Å². The van der Waals surface area contributed by atoms with Crippen LogP contribution in [0.3, 0.4) is 0 Å². The van der Waals surface area contributed by atoms with Gasteiger partial charge in [0, 0.05) is 18.7 Å². The van der Waals surface area contributed by atoms with Crippen molar-refractivity contribution in [3.8, 4) is 0 Å². The zero-order valence-electron chi connectivity index (χ0n) is 10.8. The fourth-order valence-corrected chi connectivity index (χ4v) is 1.75. The van der Waals surface area contributed by atoms with Crippen LogP contribution in [0.2, 0.25) is 0 Å². The zero-order chi connectivity index (χ0) is 12.8. The third kappa shape index (κ3) is 3.80. The predicted molar refractivity (Wildman–Crippen MR) is 67.7 cm³/mol. The van der Waals surface area contributed by atoms with E-state index < -0.39 is 5.97 Å². The van der Waals surface area contributed by atoms with E-state index in [9.17, 15) is 4.79 Å². The van der Waals surface area contributed by atoms with Crippen LogP contribution in [0.1, 0.15) is 50.6 Å². The van der Waals surface area contributed by atoms with Crippen LogP contribution in [0.15, 0.2) is 16.5 Å². The van der Waals surface area contributed by atoms with Gasteiger partial charge in [0.05, 0.1) is 0 Å². The third-order valence-corrected chi connectivity index (χ3v) is 2.71. The molecule has 0 spiro atoms. The lowest BCUT2D eigenvalue weighted by molar-refractivity contribution is 0.0663. The summed E-state index contributed by atoms with van der Waals surface area (Å²) in [6.07, 6.45) is 3.44.